The molecule has 12 aromatic rings. The van der Waals surface area contributed by atoms with Crippen LogP contribution in [0.2, 0.25) is 15.1 Å². The third-order valence-corrected chi connectivity index (χ3v) is 20.6. The first kappa shape index (κ1) is 67.2. The summed E-state index contributed by atoms with van der Waals surface area (Å²) in [4.78, 5) is 95.5. The van der Waals surface area contributed by atoms with Gasteiger partial charge in [0, 0.05) is 76.6 Å². The normalized spacial score (nSPS) is 18.9. The number of fused-ring (bicyclic) bond motifs is 3. The average molecular weight is 1420 g/mol. The summed E-state index contributed by atoms with van der Waals surface area (Å²) in [5.41, 5.74) is 3.96. The number of aromatic nitrogens is 16. The van der Waals surface area contributed by atoms with Gasteiger partial charge in [0.05, 0.1) is 67.7 Å². The fraction of sp³-hybridized carbons (Fsp3) is 0.348. The fourth-order valence-electron chi connectivity index (χ4n) is 13.6. The fourth-order valence-corrected chi connectivity index (χ4v) is 15.4. The largest absolute Gasteiger partial charge is 0.440 e. The van der Waals surface area contributed by atoms with E-state index < -0.39 is 50.4 Å². The van der Waals surface area contributed by atoms with Crippen molar-refractivity contribution >= 4 is 77.9 Å². The van der Waals surface area contributed by atoms with Gasteiger partial charge in [0.1, 0.15) is 11.3 Å². The lowest BCUT2D eigenvalue weighted by molar-refractivity contribution is 0.138. The average Bonchev–Trinajstić information content (AvgIpc) is 1.59. The number of pyridine rings is 3. The van der Waals surface area contributed by atoms with Gasteiger partial charge in [-0.15, -0.1) is 9.48 Å². The maximum absolute atomic E-state index is 14.7. The van der Waals surface area contributed by atoms with Crippen LogP contribution in [0.1, 0.15) is 112 Å². The van der Waals surface area contributed by atoms with Crippen molar-refractivity contribution in [2.24, 2.45) is 23.7 Å². The van der Waals surface area contributed by atoms with E-state index in [1.807, 2.05) is 6.92 Å². The highest BCUT2D eigenvalue weighted by Crippen LogP contribution is 2.39. The van der Waals surface area contributed by atoms with Crippen molar-refractivity contribution < 1.29 is 35.7 Å². The Labute approximate surface area is 569 Å². The Morgan fingerprint density at radius 2 is 0.959 bits per heavy atom. The van der Waals surface area contributed by atoms with Gasteiger partial charge in [0.15, 0.2) is 40.6 Å². The molecule has 25 nitrogen and oxygen atoms in total. The van der Waals surface area contributed by atoms with E-state index >= 15 is 0 Å². The van der Waals surface area contributed by atoms with Crippen molar-refractivity contribution in [3.8, 4) is 34.2 Å². The summed E-state index contributed by atoms with van der Waals surface area (Å²) in [6.07, 6.45) is 23.8. The zero-order valence-electron chi connectivity index (χ0n) is 52.3. The van der Waals surface area contributed by atoms with Crippen LogP contribution in [0.5, 0.6) is 0 Å². The van der Waals surface area contributed by atoms with Gasteiger partial charge in [-0.25, -0.2) is 99.6 Å². The van der Waals surface area contributed by atoms with Crippen molar-refractivity contribution in [1.82, 2.24) is 78.2 Å². The lowest BCUT2D eigenvalue weighted by Crippen LogP contribution is -2.27. The molecule has 11 aromatic heterocycles. The molecule has 15 rings (SSSR count). The molecule has 0 unspecified atom stereocenters. The highest BCUT2D eigenvalue weighted by Gasteiger charge is 2.32. The van der Waals surface area contributed by atoms with E-state index in [2.05, 4.69) is 64.8 Å². The highest BCUT2D eigenvalue weighted by atomic mass is 35.5. The number of benzene rings is 1. The minimum Gasteiger partial charge on any atom is -0.396 e. The van der Waals surface area contributed by atoms with Gasteiger partial charge in [0.25, 0.3) is 10.0 Å². The van der Waals surface area contributed by atoms with E-state index in [0.29, 0.717) is 104 Å². The molecule has 508 valence electrons. The smallest absolute Gasteiger partial charge is 0.396 e. The van der Waals surface area contributed by atoms with E-state index in [9.17, 15) is 45.9 Å². The molecule has 6 atom stereocenters. The van der Waals surface area contributed by atoms with Crippen LogP contribution in [0.25, 0.3) is 67.3 Å². The predicted molar refractivity (Wildman–Crippen MR) is 356 cm³/mol. The number of H-pyrrole nitrogens is 4. The Morgan fingerprint density at radius 3 is 1.41 bits per heavy atom. The summed E-state index contributed by atoms with van der Waals surface area (Å²) >= 11 is 18.3. The van der Waals surface area contributed by atoms with Gasteiger partial charge >= 0.3 is 22.9 Å². The van der Waals surface area contributed by atoms with Crippen LogP contribution in [0, 0.1) is 48.0 Å². The number of aliphatic hydroxyl groups is 1. The van der Waals surface area contributed by atoms with E-state index in [4.69, 9.17) is 43.8 Å². The first-order chi connectivity index (χ1) is 47.2. The van der Waals surface area contributed by atoms with Crippen LogP contribution in [-0.2, 0) is 29.3 Å². The molecule has 0 spiro atoms. The molecule has 3 aliphatic carbocycles. The number of hydrogen-bond donors (Lipinski definition) is 5. The summed E-state index contributed by atoms with van der Waals surface area (Å²) in [7, 11) is -3.97. The lowest BCUT2D eigenvalue weighted by Gasteiger charge is -2.28. The molecule has 5 N–H and O–H groups in total. The molecule has 3 saturated carbocycles. The van der Waals surface area contributed by atoms with Gasteiger partial charge < -0.3 is 24.1 Å². The molecule has 0 aliphatic heterocycles. The van der Waals surface area contributed by atoms with Gasteiger partial charge in [-0.2, -0.15) is 0 Å². The SMILES string of the molecule is Cc1ccc(S(=O)(=O)n2cc(-c3ncc(F)c(C[C@H]4CCC[C@H](CO)C4)n3)c3cc(Cl)cnc32)cc1.O=c1[nH]c(=O)n([C@@H]2CCC[C@H](Cc3nc(-c4c[nH]c5ncc(Cl)cc45)ncc3F)C2)o1.O=c1[nH]c(=O)n([C@H]2CCC[C@H](Cc3nc(-c4c[nH]c5ncc(Cl)cc45)ncc3F)C2)o1. The number of nitrogens with one attached hydrogen (secondary N) is 4. The number of aromatic amines is 4. The summed E-state index contributed by atoms with van der Waals surface area (Å²) in [5.74, 6) is -1.43. The number of rotatable bonds is 14. The number of aryl methyl sites for hydroxylation is 1. The predicted octanol–water partition coefficient (Wildman–Crippen LogP) is 11.6. The summed E-state index contributed by atoms with van der Waals surface area (Å²) in [6, 6.07) is 11.2. The zero-order chi connectivity index (χ0) is 68.5. The number of hydrogen-bond acceptors (Lipinski definition) is 18. The van der Waals surface area contributed by atoms with E-state index in [1.165, 1.54) is 24.8 Å². The van der Waals surface area contributed by atoms with Gasteiger partial charge in [0.2, 0.25) is 0 Å². The second-order valence-corrected chi connectivity index (χ2v) is 28.1. The Morgan fingerprint density at radius 1 is 0.541 bits per heavy atom. The third-order valence-electron chi connectivity index (χ3n) is 18.3. The first-order valence-corrected chi connectivity index (χ1v) is 34.3. The molecule has 32 heteroatoms. The summed E-state index contributed by atoms with van der Waals surface area (Å²) in [6.45, 7) is 2.01. The molecule has 0 amide bonds. The standard InChI is InChI=1S/C26H26ClFN4O3S.2C20H18ClFN6O3/c1-16-5-7-20(8-6-16)36(34,35)32-14-22(21-11-19(27)12-30-26(21)32)25-29-13-23(28)24(31-25)10-17-3-2-4-18(9-17)15-33;2*21-11-6-13-14(8-24-17(13)23-7-11)18-25-9-15(22)16(26-18)5-10-2-1-3-12(4-10)28-19(29)27-20(30)31-28/h5-8,11-14,17-18,33H,2-4,9-10,15H2,1H3;2*6-10,12H,1-5H2,(H,23,24)(H,27,29,30)/t17-,18-;10-,12+;10-,12-/m000/s1. The molecule has 3 aliphatic rings. The first-order valence-electron chi connectivity index (χ1n) is 31.8. The molecule has 0 radical (unpaired) electrons. The second-order valence-electron chi connectivity index (χ2n) is 25.0. The second kappa shape index (κ2) is 28.6. The van der Waals surface area contributed by atoms with Crippen molar-refractivity contribution in [2.75, 3.05) is 6.61 Å². The van der Waals surface area contributed by atoms with E-state index in [0.717, 1.165) is 100 Å². The van der Waals surface area contributed by atoms with Gasteiger partial charge in [-0.05, 0) is 132 Å². The minimum atomic E-state index is -3.97. The van der Waals surface area contributed by atoms with E-state index in [-0.39, 0.29) is 64.4 Å². The number of nitrogens with zero attached hydrogens (tertiary/aromatic N) is 12. The molecule has 3 fully saturated rings. The molecule has 98 heavy (non-hydrogen) atoms. The lowest BCUT2D eigenvalue weighted by atomic mass is 9.79. The quantitative estimate of drug-likeness (QED) is 0.0675. The van der Waals surface area contributed by atoms with Crippen LogP contribution in [0.4, 0.5) is 13.2 Å². The van der Waals surface area contributed by atoms with Crippen LogP contribution in [0.3, 0.4) is 0 Å². The Kier molecular flexibility index (Phi) is 19.6. The van der Waals surface area contributed by atoms with Crippen molar-refractivity contribution in [3.63, 3.8) is 0 Å². The molecular formula is C66H62Cl3F3N16O9S. The Hall–Kier alpha value is -9.42. The van der Waals surface area contributed by atoms with Crippen LogP contribution in [0.15, 0.2) is 131 Å². The minimum absolute atomic E-state index is 0.0854. The number of aliphatic hydroxyl groups excluding tert-OH is 1. The van der Waals surface area contributed by atoms with Gasteiger partial charge in [-0.1, -0.05) is 78.2 Å². The molecule has 11 heterocycles. The monoisotopic (exact) mass is 1420 g/mol. The zero-order valence-corrected chi connectivity index (χ0v) is 55.4. The van der Waals surface area contributed by atoms with E-state index in [1.54, 1.807) is 67.3 Å². The van der Waals surface area contributed by atoms with Gasteiger partial charge in [-0.3, -0.25) is 0 Å². The third kappa shape index (κ3) is 14.6. The molecule has 0 bridgehead atoms. The molecular weight excluding hydrogens is 1360 g/mol. The molecule has 1 aromatic carbocycles. The van der Waals surface area contributed by atoms with Crippen LogP contribution < -0.4 is 22.9 Å². The maximum atomic E-state index is 14.7. The van der Waals surface area contributed by atoms with Crippen LogP contribution in [-0.4, -0.2) is 98.4 Å². The Balaban J connectivity index is 0.000000133. The number of halogens is 6. The van der Waals surface area contributed by atoms with Crippen molar-refractivity contribution in [3.05, 3.63) is 195 Å². The van der Waals surface area contributed by atoms with Crippen molar-refractivity contribution in [2.45, 2.75) is 120 Å². The topological polar surface area (TPSA) is 343 Å². The van der Waals surface area contributed by atoms with Crippen LogP contribution >= 0.6 is 34.8 Å². The van der Waals surface area contributed by atoms with Crippen molar-refractivity contribution in [1.29, 1.82) is 0 Å². The maximum Gasteiger partial charge on any atom is 0.440 e. The summed E-state index contributed by atoms with van der Waals surface area (Å²) in [5, 5.41) is 12.8. The Bertz CT molecular complexity index is 5090. The highest BCUT2D eigenvalue weighted by molar-refractivity contribution is 7.90. The summed E-state index contributed by atoms with van der Waals surface area (Å²) < 4.78 is 84.1. The molecule has 0 saturated heterocycles.